The largest absolute Gasteiger partial charge is 0.468 e. The summed E-state index contributed by atoms with van der Waals surface area (Å²) in [5, 5.41) is 3.24. The van der Waals surface area contributed by atoms with Crippen molar-refractivity contribution in [3.63, 3.8) is 0 Å². The minimum absolute atomic E-state index is 0.225. The van der Waals surface area contributed by atoms with Gasteiger partial charge in [-0.1, -0.05) is 17.7 Å². The fourth-order valence-corrected chi connectivity index (χ4v) is 3.86. The number of thiophene rings is 1. The van der Waals surface area contributed by atoms with Gasteiger partial charge in [0.25, 0.3) is 11.5 Å². The molecule has 0 saturated carbocycles. The minimum atomic E-state index is -0.543. The monoisotopic (exact) mass is 385 g/mol. The maximum Gasteiger partial charge on any atom is 0.325 e. The number of hydrogen-bond acceptors (Lipinski definition) is 6. The van der Waals surface area contributed by atoms with Gasteiger partial charge in [0.15, 0.2) is 0 Å². The lowest BCUT2D eigenvalue weighted by molar-refractivity contribution is -0.141. The molecule has 2 heterocycles. The number of rotatable bonds is 4. The van der Waals surface area contributed by atoms with Crippen molar-refractivity contribution < 1.29 is 14.3 Å². The van der Waals surface area contributed by atoms with Gasteiger partial charge in [-0.15, -0.1) is 11.3 Å². The predicted octanol–water partition coefficient (Wildman–Crippen LogP) is 2.81. The zero-order valence-corrected chi connectivity index (χ0v) is 16.3. The van der Waals surface area contributed by atoms with Gasteiger partial charge in [-0.05, 0) is 38.0 Å². The molecular formula is C19H19N3O4S. The normalized spacial score (nSPS) is 10.8. The van der Waals surface area contributed by atoms with Crippen LogP contribution in [0.3, 0.4) is 0 Å². The summed E-state index contributed by atoms with van der Waals surface area (Å²) >= 11 is 1.16. The molecule has 0 aliphatic rings. The van der Waals surface area contributed by atoms with E-state index >= 15 is 0 Å². The highest BCUT2D eigenvalue weighted by molar-refractivity contribution is 7.20. The molecule has 1 N–H and O–H groups in total. The molecule has 0 unspecified atom stereocenters. The van der Waals surface area contributed by atoms with Crippen LogP contribution < -0.4 is 10.9 Å². The molecule has 3 aromatic rings. The summed E-state index contributed by atoms with van der Waals surface area (Å²) < 4.78 is 5.77. The van der Waals surface area contributed by atoms with E-state index in [9.17, 15) is 14.4 Å². The van der Waals surface area contributed by atoms with Crippen LogP contribution in [0.4, 0.5) is 5.69 Å². The van der Waals surface area contributed by atoms with E-state index in [0.717, 1.165) is 28.2 Å². The van der Waals surface area contributed by atoms with Crippen molar-refractivity contribution in [2.24, 2.45) is 0 Å². The number of carbonyl (C=O) groups excluding carboxylic acids is 2. The Balaban J connectivity index is 1.99. The van der Waals surface area contributed by atoms with Crippen LogP contribution in [0.15, 0.2) is 29.3 Å². The van der Waals surface area contributed by atoms with E-state index in [0.29, 0.717) is 20.7 Å². The molecule has 0 atom stereocenters. The predicted molar refractivity (Wildman–Crippen MR) is 105 cm³/mol. The third-order valence-corrected chi connectivity index (χ3v) is 5.48. The number of nitrogens with one attached hydrogen (secondary N) is 1. The number of amides is 1. The third-order valence-electron chi connectivity index (χ3n) is 4.28. The number of anilines is 1. The Morgan fingerprint density at radius 1 is 1.26 bits per heavy atom. The first kappa shape index (κ1) is 18.8. The highest BCUT2D eigenvalue weighted by Gasteiger charge is 2.20. The first-order chi connectivity index (χ1) is 12.8. The summed E-state index contributed by atoms with van der Waals surface area (Å²) in [6.07, 6.45) is 1.29. The molecule has 0 aliphatic heterocycles. The van der Waals surface area contributed by atoms with Crippen LogP contribution in [0.25, 0.3) is 10.2 Å². The lowest BCUT2D eigenvalue weighted by Crippen LogP contribution is -2.25. The molecule has 0 spiro atoms. The molecule has 0 fully saturated rings. The molecule has 0 saturated heterocycles. The van der Waals surface area contributed by atoms with Crippen molar-refractivity contribution in [2.45, 2.75) is 27.3 Å². The number of fused-ring (bicyclic) bond motifs is 1. The Kier molecular flexibility index (Phi) is 5.09. The number of aromatic nitrogens is 2. The van der Waals surface area contributed by atoms with Crippen LogP contribution in [0, 0.1) is 20.8 Å². The molecule has 2 aromatic heterocycles. The van der Waals surface area contributed by atoms with E-state index in [1.165, 1.54) is 18.0 Å². The Morgan fingerprint density at radius 3 is 2.67 bits per heavy atom. The van der Waals surface area contributed by atoms with E-state index in [1.807, 2.05) is 32.0 Å². The summed E-state index contributed by atoms with van der Waals surface area (Å²) in [5.41, 5.74) is 2.97. The number of carbonyl (C=O) groups is 2. The summed E-state index contributed by atoms with van der Waals surface area (Å²) in [4.78, 5) is 42.0. The van der Waals surface area contributed by atoms with Crippen molar-refractivity contribution in [1.29, 1.82) is 0 Å². The Bertz CT molecular complexity index is 1110. The molecule has 8 heteroatoms. The smallest absolute Gasteiger partial charge is 0.325 e. The quantitative estimate of drug-likeness (QED) is 0.698. The van der Waals surface area contributed by atoms with Gasteiger partial charge in [0.2, 0.25) is 0 Å². The van der Waals surface area contributed by atoms with Gasteiger partial charge in [-0.25, -0.2) is 4.98 Å². The number of benzene rings is 1. The fraction of sp³-hybridized carbons (Fsp3) is 0.263. The molecule has 7 nitrogen and oxygen atoms in total. The molecule has 1 aromatic carbocycles. The first-order valence-corrected chi connectivity index (χ1v) is 9.07. The maximum absolute atomic E-state index is 12.8. The zero-order chi connectivity index (χ0) is 19.7. The van der Waals surface area contributed by atoms with E-state index in [4.69, 9.17) is 0 Å². The molecule has 0 bridgehead atoms. The van der Waals surface area contributed by atoms with Crippen LogP contribution in [0.5, 0.6) is 0 Å². The summed E-state index contributed by atoms with van der Waals surface area (Å²) in [6.45, 7) is 5.39. The number of methoxy groups -OCH3 is 1. The zero-order valence-electron chi connectivity index (χ0n) is 15.5. The molecule has 3 rings (SSSR count). The van der Waals surface area contributed by atoms with E-state index in [-0.39, 0.29) is 18.0 Å². The number of ether oxygens (including phenoxy) is 1. The minimum Gasteiger partial charge on any atom is -0.468 e. The lowest BCUT2D eigenvalue weighted by Gasteiger charge is -2.08. The SMILES string of the molecule is COC(=O)Cn1cnc2sc(C(=O)Nc3ccc(C)cc3C)c(C)c2c1=O. The van der Waals surface area contributed by atoms with Crippen molar-refractivity contribution in [3.05, 3.63) is 56.4 Å². The van der Waals surface area contributed by atoms with Gasteiger partial charge >= 0.3 is 5.97 Å². The second-order valence-electron chi connectivity index (χ2n) is 6.26. The maximum atomic E-state index is 12.8. The number of aryl methyl sites for hydroxylation is 3. The van der Waals surface area contributed by atoms with Crippen molar-refractivity contribution in [1.82, 2.24) is 9.55 Å². The molecule has 27 heavy (non-hydrogen) atoms. The second kappa shape index (κ2) is 7.32. The topological polar surface area (TPSA) is 90.3 Å². The fourth-order valence-electron chi connectivity index (χ4n) is 2.82. The molecule has 140 valence electrons. The standard InChI is InChI=1S/C19H19N3O4S/c1-10-5-6-13(11(2)7-10)21-17(24)16-12(3)15-18(27-16)20-9-22(19(15)25)8-14(23)26-4/h5-7,9H,8H2,1-4H3,(H,21,24). The number of nitrogens with zero attached hydrogens (tertiary/aromatic N) is 2. The van der Waals surface area contributed by atoms with Gasteiger partial charge in [-0.3, -0.25) is 19.0 Å². The molecule has 0 radical (unpaired) electrons. The number of esters is 1. The summed E-state index contributed by atoms with van der Waals surface area (Å²) in [7, 11) is 1.25. The van der Waals surface area contributed by atoms with Crippen molar-refractivity contribution in [3.8, 4) is 0 Å². The summed E-state index contributed by atoms with van der Waals surface area (Å²) in [6, 6.07) is 5.76. The van der Waals surface area contributed by atoms with Gasteiger partial charge in [0.05, 0.1) is 23.7 Å². The van der Waals surface area contributed by atoms with Crippen LogP contribution in [0.1, 0.15) is 26.4 Å². The van der Waals surface area contributed by atoms with E-state index in [2.05, 4.69) is 15.0 Å². The molecule has 1 amide bonds. The molecular weight excluding hydrogens is 366 g/mol. The van der Waals surface area contributed by atoms with Crippen LogP contribution >= 0.6 is 11.3 Å². The highest BCUT2D eigenvalue weighted by Crippen LogP contribution is 2.28. The Hall–Kier alpha value is -3.00. The lowest BCUT2D eigenvalue weighted by atomic mass is 10.1. The third kappa shape index (κ3) is 3.61. The first-order valence-electron chi connectivity index (χ1n) is 8.25. The van der Waals surface area contributed by atoms with Gasteiger partial charge in [0, 0.05) is 5.69 Å². The van der Waals surface area contributed by atoms with Gasteiger partial charge < -0.3 is 10.1 Å². The average Bonchev–Trinajstić information content (AvgIpc) is 2.97. The average molecular weight is 385 g/mol. The number of hydrogen-bond donors (Lipinski definition) is 1. The van der Waals surface area contributed by atoms with Gasteiger partial charge in [-0.2, -0.15) is 0 Å². The summed E-state index contributed by atoms with van der Waals surface area (Å²) in [5.74, 6) is -0.833. The molecule has 0 aliphatic carbocycles. The second-order valence-corrected chi connectivity index (χ2v) is 7.26. The van der Waals surface area contributed by atoms with E-state index < -0.39 is 5.97 Å². The Labute approximate surface area is 159 Å². The van der Waals surface area contributed by atoms with Crippen molar-refractivity contribution >= 4 is 39.1 Å². The van der Waals surface area contributed by atoms with Crippen LogP contribution in [-0.2, 0) is 16.1 Å². The highest BCUT2D eigenvalue weighted by atomic mass is 32.1. The van der Waals surface area contributed by atoms with Crippen molar-refractivity contribution in [2.75, 3.05) is 12.4 Å². The van der Waals surface area contributed by atoms with Gasteiger partial charge in [0.1, 0.15) is 11.4 Å². The van der Waals surface area contributed by atoms with Crippen LogP contribution in [0.2, 0.25) is 0 Å². The van der Waals surface area contributed by atoms with E-state index in [1.54, 1.807) is 6.92 Å². The van der Waals surface area contributed by atoms with Crippen LogP contribution in [-0.4, -0.2) is 28.5 Å². The Morgan fingerprint density at radius 2 is 2.00 bits per heavy atom.